The summed E-state index contributed by atoms with van der Waals surface area (Å²) >= 11 is 4.98. The summed E-state index contributed by atoms with van der Waals surface area (Å²) in [5.74, 6) is 0. The van der Waals surface area contributed by atoms with Gasteiger partial charge in [-0.25, -0.2) is 4.79 Å². The molecule has 0 fully saturated rings. The van der Waals surface area contributed by atoms with Gasteiger partial charge in [-0.1, -0.05) is 0 Å². The lowest BCUT2D eigenvalue weighted by atomic mass is 10.3. The molecule has 0 saturated heterocycles. The van der Waals surface area contributed by atoms with Gasteiger partial charge in [0, 0.05) is 19.7 Å². The van der Waals surface area contributed by atoms with Crippen LogP contribution in [0.3, 0.4) is 0 Å². The fourth-order valence-corrected chi connectivity index (χ4v) is 2.20. The predicted octanol–water partition coefficient (Wildman–Crippen LogP) is 1.69. The lowest BCUT2D eigenvalue weighted by Crippen LogP contribution is -2.35. The first-order valence-electron chi connectivity index (χ1n) is 4.58. The summed E-state index contributed by atoms with van der Waals surface area (Å²) in [7, 11) is 0. The summed E-state index contributed by atoms with van der Waals surface area (Å²) in [6.45, 7) is 1.10. The first kappa shape index (κ1) is 12.5. The largest absolute Gasteiger partial charge is 0.396 e. The molecule has 1 aromatic rings. The van der Waals surface area contributed by atoms with Crippen molar-refractivity contribution in [1.82, 2.24) is 10.6 Å². The second-order valence-electron chi connectivity index (χ2n) is 2.91. The van der Waals surface area contributed by atoms with E-state index in [-0.39, 0.29) is 12.6 Å². The lowest BCUT2D eigenvalue weighted by molar-refractivity contribution is 0.237. The smallest absolute Gasteiger partial charge is 0.315 e. The minimum Gasteiger partial charge on any atom is -0.396 e. The number of carbonyl (C=O) groups excluding carboxylic acids is 1. The highest BCUT2D eigenvalue weighted by Crippen LogP contribution is 2.22. The van der Waals surface area contributed by atoms with Crippen LogP contribution in [0, 0.1) is 0 Å². The molecule has 3 N–H and O–H groups in total. The molecule has 2 amide bonds. The minimum atomic E-state index is -0.207. The Bertz CT molecular complexity index is 317. The monoisotopic (exact) mass is 292 g/mol. The van der Waals surface area contributed by atoms with Crippen molar-refractivity contribution in [2.24, 2.45) is 0 Å². The van der Waals surface area contributed by atoms with Gasteiger partial charge < -0.3 is 15.7 Å². The van der Waals surface area contributed by atoms with Crippen LogP contribution in [0.15, 0.2) is 15.2 Å². The fourth-order valence-electron chi connectivity index (χ4n) is 0.964. The van der Waals surface area contributed by atoms with Crippen molar-refractivity contribution in [2.75, 3.05) is 13.2 Å². The summed E-state index contributed by atoms with van der Waals surface area (Å²) in [6, 6.07) is 1.75. The van der Waals surface area contributed by atoms with Gasteiger partial charge in [0.1, 0.15) is 0 Å². The molecule has 0 spiro atoms. The first-order chi connectivity index (χ1) is 7.24. The Labute approximate surface area is 101 Å². The predicted molar refractivity (Wildman–Crippen MR) is 64.0 cm³/mol. The molecule has 0 aliphatic rings. The van der Waals surface area contributed by atoms with Gasteiger partial charge in [0.15, 0.2) is 0 Å². The standard InChI is InChI=1S/C9H13BrN2O2S/c10-8-7(2-5-15-8)6-12-9(14)11-3-1-4-13/h2,5,13H,1,3-4,6H2,(H2,11,12,14). The van der Waals surface area contributed by atoms with E-state index in [0.717, 1.165) is 9.35 Å². The molecule has 0 aliphatic heterocycles. The van der Waals surface area contributed by atoms with E-state index in [9.17, 15) is 4.79 Å². The van der Waals surface area contributed by atoms with E-state index in [1.807, 2.05) is 11.4 Å². The van der Waals surface area contributed by atoms with E-state index in [0.29, 0.717) is 19.5 Å². The average molecular weight is 293 g/mol. The molecule has 4 nitrogen and oxygen atoms in total. The molecular weight excluding hydrogens is 280 g/mol. The molecule has 0 aliphatic carbocycles. The van der Waals surface area contributed by atoms with Crippen molar-refractivity contribution in [3.63, 3.8) is 0 Å². The van der Waals surface area contributed by atoms with Crippen molar-refractivity contribution in [3.05, 3.63) is 20.8 Å². The van der Waals surface area contributed by atoms with Gasteiger partial charge in [-0.3, -0.25) is 0 Å². The van der Waals surface area contributed by atoms with Crippen LogP contribution in [0.4, 0.5) is 4.79 Å². The van der Waals surface area contributed by atoms with E-state index in [4.69, 9.17) is 5.11 Å². The summed E-state index contributed by atoms with van der Waals surface area (Å²) in [5.41, 5.74) is 1.07. The molecule has 6 heteroatoms. The van der Waals surface area contributed by atoms with Crippen LogP contribution >= 0.6 is 27.3 Å². The van der Waals surface area contributed by atoms with Gasteiger partial charge in [0.25, 0.3) is 0 Å². The van der Waals surface area contributed by atoms with Gasteiger partial charge in [0.2, 0.25) is 0 Å². The van der Waals surface area contributed by atoms with Crippen molar-refractivity contribution in [3.8, 4) is 0 Å². The van der Waals surface area contributed by atoms with Crippen molar-refractivity contribution >= 4 is 33.3 Å². The second-order valence-corrected chi connectivity index (χ2v) is 5.14. The molecule has 0 unspecified atom stereocenters. The normalized spacial score (nSPS) is 10.0. The van der Waals surface area contributed by atoms with Crippen LogP contribution in [0.25, 0.3) is 0 Å². The van der Waals surface area contributed by atoms with E-state index in [1.165, 1.54) is 0 Å². The number of amides is 2. The lowest BCUT2D eigenvalue weighted by Gasteiger charge is -2.06. The third-order valence-corrected chi connectivity index (χ3v) is 3.56. The Morgan fingerprint density at radius 3 is 2.93 bits per heavy atom. The zero-order valence-corrected chi connectivity index (χ0v) is 10.5. The molecule has 0 bridgehead atoms. The summed E-state index contributed by atoms with van der Waals surface area (Å²) < 4.78 is 1.04. The summed E-state index contributed by atoms with van der Waals surface area (Å²) in [5, 5.41) is 15.9. The summed E-state index contributed by atoms with van der Waals surface area (Å²) in [4.78, 5) is 11.2. The van der Waals surface area contributed by atoms with Crippen LogP contribution in [-0.4, -0.2) is 24.3 Å². The number of thiophene rings is 1. The molecule has 1 rings (SSSR count). The van der Waals surface area contributed by atoms with E-state index in [1.54, 1.807) is 11.3 Å². The summed E-state index contributed by atoms with van der Waals surface area (Å²) in [6.07, 6.45) is 0.579. The molecule has 15 heavy (non-hydrogen) atoms. The highest BCUT2D eigenvalue weighted by Gasteiger charge is 2.03. The third kappa shape index (κ3) is 4.63. The minimum absolute atomic E-state index is 0.0936. The highest BCUT2D eigenvalue weighted by atomic mass is 79.9. The number of aliphatic hydroxyl groups excluding tert-OH is 1. The van der Waals surface area contributed by atoms with Crippen LogP contribution in [-0.2, 0) is 6.54 Å². The Kier molecular flexibility index (Phi) is 5.67. The SMILES string of the molecule is O=C(NCCCO)NCc1ccsc1Br. The molecule has 0 atom stereocenters. The van der Waals surface area contributed by atoms with Crippen LogP contribution in [0.2, 0.25) is 0 Å². The molecule has 1 aromatic heterocycles. The van der Waals surface area contributed by atoms with E-state index < -0.39 is 0 Å². The maximum absolute atomic E-state index is 11.2. The molecule has 84 valence electrons. The van der Waals surface area contributed by atoms with E-state index >= 15 is 0 Å². The quantitative estimate of drug-likeness (QED) is 0.724. The first-order valence-corrected chi connectivity index (χ1v) is 6.25. The number of nitrogens with one attached hydrogen (secondary N) is 2. The number of hydrogen-bond acceptors (Lipinski definition) is 3. The highest BCUT2D eigenvalue weighted by molar-refractivity contribution is 9.11. The second kappa shape index (κ2) is 6.81. The molecular formula is C9H13BrN2O2S. The maximum Gasteiger partial charge on any atom is 0.315 e. The topological polar surface area (TPSA) is 61.4 Å². The number of carbonyl (C=O) groups is 1. The van der Waals surface area contributed by atoms with Gasteiger partial charge in [-0.15, -0.1) is 11.3 Å². The van der Waals surface area contributed by atoms with E-state index in [2.05, 4.69) is 26.6 Å². The number of aliphatic hydroxyl groups is 1. The van der Waals surface area contributed by atoms with Gasteiger partial charge in [0.05, 0.1) is 3.79 Å². The van der Waals surface area contributed by atoms with Gasteiger partial charge in [-0.2, -0.15) is 0 Å². The Morgan fingerprint density at radius 2 is 2.33 bits per heavy atom. The third-order valence-electron chi connectivity index (χ3n) is 1.75. The Morgan fingerprint density at radius 1 is 1.53 bits per heavy atom. The zero-order valence-electron chi connectivity index (χ0n) is 8.12. The van der Waals surface area contributed by atoms with Gasteiger partial charge >= 0.3 is 6.03 Å². The number of rotatable bonds is 5. The molecule has 0 saturated carbocycles. The van der Waals surface area contributed by atoms with Crippen molar-refractivity contribution < 1.29 is 9.90 Å². The van der Waals surface area contributed by atoms with Crippen LogP contribution < -0.4 is 10.6 Å². The molecule has 0 radical (unpaired) electrons. The Balaban J connectivity index is 2.20. The average Bonchev–Trinajstić information content (AvgIpc) is 2.61. The fraction of sp³-hybridized carbons (Fsp3) is 0.444. The molecule has 1 heterocycles. The molecule has 0 aromatic carbocycles. The maximum atomic E-state index is 11.2. The van der Waals surface area contributed by atoms with Crippen molar-refractivity contribution in [2.45, 2.75) is 13.0 Å². The van der Waals surface area contributed by atoms with Gasteiger partial charge in [-0.05, 0) is 39.4 Å². The number of hydrogen-bond donors (Lipinski definition) is 3. The number of halogens is 1. The van der Waals surface area contributed by atoms with Crippen LogP contribution in [0.5, 0.6) is 0 Å². The zero-order chi connectivity index (χ0) is 11.1. The van der Waals surface area contributed by atoms with Crippen LogP contribution in [0.1, 0.15) is 12.0 Å². The number of urea groups is 1. The Hall–Kier alpha value is -0.590. The van der Waals surface area contributed by atoms with Crippen molar-refractivity contribution in [1.29, 1.82) is 0 Å².